The van der Waals surface area contributed by atoms with Gasteiger partial charge in [-0.25, -0.2) is 0 Å². The maximum Gasteiger partial charge on any atom is 0.0223 e. The number of nitrogens with zero attached hydrogens (tertiary/aromatic N) is 2. The van der Waals surface area contributed by atoms with Crippen LogP contribution >= 0.6 is 12.6 Å². The van der Waals surface area contributed by atoms with E-state index < -0.39 is 0 Å². The molecule has 0 spiro atoms. The predicted molar refractivity (Wildman–Crippen MR) is 91.8 cm³/mol. The first-order valence-electron chi connectivity index (χ1n) is 8.80. The fourth-order valence-electron chi connectivity index (χ4n) is 4.39. The summed E-state index contributed by atoms with van der Waals surface area (Å²) in [6, 6.07) is 0.846. The molecule has 0 bridgehead atoms. The number of thiol groups is 1. The first kappa shape index (κ1) is 16.6. The van der Waals surface area contributed by atoms with Gasteiger partial charge in [0.25, 0.3) is 0 Å². The quantitative estimate of drug-likeness (QED) is 0.716. The highest BCUT2D eigenvalue weighted by molar-refractivity contribution is 7.80. The molecule has 0 aromatic rings. The van der Waals surface area contributed by atoms with E-state index in [1.165, 1.54) is 77.7 Å². The Balaban J connectivity index is 1.92. The molecule has 2 saturated heterocycles. The van der Waals surface area contributed by atoms with Crippen molar-refractivity contribution in [3.8, 4) is 0 Å². The molecule has 2 fully saturated rings. The van der Waals surface area contributed by atoms with E-state index in [-0.39, 0.29) is 0 Å². The van der Waals surface area contributed by atoms with Gasteiger partial charge in [-0.15, -0.1) is 0 Å². The highest BCUT2D eigenvalue weighted by atomic mass is 32.1. The van der Waals surface area contributed by atoms with Gasteiger partial charge in [0.15, 0.2) is 0 Å². The number of hydrogen-bond acceptors (Lipinski definition) is 3. The molecular formula is C17H34N2S. The molecule has 20 heavy (non-hydrogen) atoms. The molecule has 2 heterocycles. The molecule has 2 rings (SSSR count). The predicted octanol–water partition coefficient (Wildman–Crippen LogP) is 3.67. The Morgan fingerprint density at radius 3 is 2.45 bits per heavy atom. The minimum absolute atomic E-state index is 0.462. The first-order valence-corrected chi connectivity index (χ1v) is 9.43. The average Bonchev–Trinajstić information content (AvgIpc) is 2.47. The lowest BCUT2D eigenvalue weighted by atomic mass is 9.80. The summed E-state index contributed by atoms with van der Waals surface area (Å²) in [6.45, 7) is 11.2. The zero-order valence-electron chi connectivity index (χ0n) is 13.6. The van der Waals surface area contributed by atoms with Gasteiger partial charge in [0.1, 0.15) is 0 Å². The van der Waals surface area contributed by atoms with Crippen LogP contribution in [0, 0.1) is 5.41 Å². The summed E-state index contributed by atoms with van der Waals surface area (Å²) in [6.07, 6.45) is 9.56. The van der Waals surface area contributed by atoms with Crippen LogP contribution in [0.4, 0.5) is 0 Å². The Labute approximate surface area is 131 Å². The van der Waals surface area contributed by atoms with Gasteiger partial charge < -0.3 is 0 Å². The van der Waals surface area contributed by atoms with Crippen LogP contribution in [0.5, 0.6) is 0 Å². The molecule has 2 aliphatic rings. The van der Waals surface area contributed by atoms with Crippen molar-refractivity contribution in [3.63, 3.8) is 0 Å². The van der Waals surface area contributed by atoms with Crippen molar-refractivity contribution in [2.45, 2.75) is 64.8 Å². The fraction of sp³-hybridized carbons (Fsp3) is 1.00. The van der Waals surface area contributed by atoms with E-state index in [1.54, 1.807) is 0 Å². The number of rotatable bonds is 7. The van der Waals surface area contributed by atoms with Crippen molar-refractivity contribution in [3.05, 3.63) is 0 Å². The summed E-state index contributed by atoms with van der Waals surface area (Å²) in [4.78, 5) is 5.50. The molecule has 0 aliphatic carbocycles. The molecule has 0 radical (unpaired) electrons. The van der Waals surface area contributed by atoms with E-state index in [4.69, 9.17) is 12.6 Å². The molecule has 2 nitrogen and oxygen atoms in total. The van der Waals surface area contributed by atoms with Gasteiger partial charge in [0.2, 0.25) is 0 Å². The lowest BCUT2D eigenvalue weighted by Crippen LogP contribution is -2.56. The summed E-state index contributed by atoms with van der Waals surface area (Å²) in [5, 5.41) is 0. The molecule has 0 amide bonds. The second-order valence-electron chi connectivity index (χ2n) is 7.08. The lowest BCUT2D eigenvalue weighted by molar-refractivity contribution is 0.0260. The number of piperidine rings is 1. The number of fused-ring (bicyclic) bond motifs is 1. The van der Waals surface area contributed by atoms with Gasteiger partial charge in [0.05, 0.1) is 0 Å². The van der Waals surface area contributed by atoms with Gasteiger partial charge in [-0.05, 0) is 43.4 Å². The third kappa shape index (κ3) is 4.14. The van der Waals surface area contributed by atoms with Crippen molar-refractivity contribution in [2.24, 2.45) is 5.41 Å². The highest BCUT2D eigenvalue weighted by Crippen LogP contribution is 2.33. The smallest absolute Gasteiger partial charge is 0.0223 e. The second kappa shape index (κ2) is 8.05. The zero-order chi connectivity index (χ0) is 14.4. The highest BCUT2D eigenvalue weighted by Gasteiger charge is 2.34. The third-order valence-electron chi connectivity index (χ3n) is 5.38. The van der Waals surface area contributed by atoms with E-state index in [9.17, 15) is 0 Å². The molecule has 1 unspecified atom stereocenters. The topological polar surface area (TPSA) is 6.48 Å². The van der Waals surface area contributed by atoms with Crippen LogP contribution < -0.4 is 0 Å². The fourth-order valence-corrected chi connectivity index (χ4v) is 4.81. The van der Waals surface area contributed by atoms with Crippen molar-refractivity contribution < 1.29 is 0 Å². The van der Waals surface area contributed by atoms with Crippen molar-refractivity contribution in [1.29, 1.82) is 0 Å². The van der Waals surface area contributed by atoms with Crippen LogP contribution in [0.1, 0.15) is 58.8 Å². The summed E-state index contributed by atoms with van der Waals surface area (Å²) in [5.74, 6) is 1.06. The van der Waals surface area contributed by atoms with E-state index in [0.717, 1.165) is 11.8 Å². The standard InChI is InChI=1S/C17H34N2S/c1-3-8-17(15-20,9-4-2)14-18-11-12-19-10-6-5-7-16(19)13-18/h16,20H,3-15H2,1-2H3. The largest absolute Gasteiger partial charge is 0.300 e. The van der Waals surface area contributed by atoms with Crippen molar-refractivity contribution >= 4 is 12.6 Å². The molecule has 118 valence electrons. The Bertz CT molecular complexity index is 276. The molecule has 3 heteroatoms. The first-order chi connectivity index (χ1) is 9.73. The van der Waals surface area contributed by atoms with Crippen LogP contribution in [-0.2, 0) is 0 Å². The molecule has 2 aliphatic heterocycles. The van der Waals surface area contributed by atoms with Gasteiger partial charge >= 0.3 is 0 Å². The van der Waals surface area contributed by atoms with Gasteiger partial charge in [-0.1, -0.05) is 33.1 Å². The normalized spacial score (nSPS) is 25.6. The molecule has 0 aromatic heterocycles. The summed E-state index contributed by atoms with van der Waals surface area (Å²) < 4.78 is 0. The maximum absolute atomic E-state index is 4.72. The Hall–Kier alpha value is 0.270. The lowest BCUT2D eigenvalue weighted by Gasteiger charge is -2.47. The Morgan fingerprint density at radius 2 is 1.80 bits per heavy atom. The third-order valence-corrected chi connectivity index (χ3v) is 6.05. The van der Waals surface area contributed by atoms with Crippen LogP contribution in [0.25, 0.3) is 0 Å². The summed E-state index contributed by atoms with van der Waals surface area (Å²) in [5.41, 5.74) is 0.462. The monoisotopic (exact) mass is 298 g/mol. The molecular weight excluding hydrogens is 264 g/mol. The van der Waals surface area contributed by atoms with Gasteiger partial charge in [0, 0.05) is 32.2 Å². The SMILES string of the molecule is CCCC(CS)(CCC)CN1CCN2CCCCC2C1. The van der Waals surface area contributed by atoms with Crippen LogP contribution in [0.3, 0.4) is 0 Å². The van der Waals surface area contributed by atoms with Crippen molar-refractivity contribution in [1.82, 2.24) is 9.80 Å². The van der Waals surface area contributed by atoms with E-state index in [2.05, 4.69) is 23.6 Å². The molecule has 0 saturated carbocycles. The van der Waals surface area contributed by atoms with Gasteiger partial charge in [-0.3, -0.25) is 9.80 Å². The minimum Gasteiger partial charge on any atom is -0.300 e. The number of piperazine rings is 1. The number of hydrogen-bond donors (Lipinski definition) is 1. The van der Waals surface area contributed by atoms with Crippen LogP contribution in [-0.4, -0.2) is 54.3 Å². The molecule has 1 atom stereocenters. The van der Waals surface area contributed by atoms with E-state index >= 15 is 0 Å². The maximum atomic E-state index is 4.72. The minimum atomic E-state index is 0.462. The van der Waals surface area contributed by atoms with E-state index in [0.29, 0.717) is 5.41 Å². The molecule has 0 aromatic carbocycles. The molecule has 0 N–H and O–H groups in total. The zero-order valence-corrected chi connectivity index (χ0v) is 14.5. The van der Waals surface area contributed by atoms with Crippen LogP contribution in [0.2, 0.25) is 0 Å². The summed E-state index contributed by atoms with van der Waals surface area (Å²) >= 11 is 4.72. The Morgan fingerprint density at radius 1 is 1.05 bits per heavy atom. The second-order valence-corrected chi connectivity index (χ2v) is 7.40. The summed E-state index contributed by atoms with van der Waals surface area (Å²) in [7, 11) is 0. The van der Waals surface area contributed by atoms with E-state index in [1.807, 2.05) is 0 Å². The Kier molecular flexibility index (Phi) is 6.70. The van der Waals surface area contributed by atoms with Gasteiger partial charge in [-0.2, -0.15) is 12.6 Å². The van der Waals surface area contributed by atoms with Crippen LogP contribution in [0.15, 0.2) is 0 Å². The average molecular weight is 299 g/mol. The van der Waals surface area contributed by atoms with Crippen molar-refractivity contribution in [2.75, 3.05) is 38.5 Å².